The topological polar surface area (TPSA) is 151 Å². The molecule has 0 saturated heterocycles. The number of hydrogen-bond donors (Lipinski definition) is 4. The van der Waals surface area contributed by atoms with E-state index in [0.29, 0.717) is 63.2 Å². The minimum atomic E-state index is -0.883. The molecule has 3 rings (SSSR count). The van der Waals surface area contributed by atoms with Gasteiger partial charge >= 0.3 is 0 Å². The molecule has 10 heteroatoms. The van der Waals surface area contributed by atoms with Gasteiger partial charge in [-0.2, -0.15) is 0 Å². The zero-order chi connectivity index (χ0) is 32.6. The van der Waals surface area contributed by atoms with Crippen LogP contribution in [0.15, 0.2) is 66.7 Å². The third-order valence-electron chi connectivity index (χ3n) is 7.57. The van der Waals surface area contributed by atoms with E-state index in [1.165, 1.54) is 22.6 Å². The minimum Gasteiger partial charge on any atom is -0.344 e. The van der Waals surface area contributed by atoms with Gasteiger partial charge in [0.25, 0.3) is 11.8 Å². The number of rotatable bonds is 19. The summed E-state index contributed by atoms with van der Waals surface area (Å²) in [6, 6.07) is 15.4. The van der Waals surface area contributed by atoms with Crippen LogP contribution < -0.4 is 21.7 Å². The van der Waals surface area contributed by atoms with Gasteiger partial charge in [0.15, 0.2) is 0 Å². The van der Waals surface area contributed by atoms with Crippen LogP contribution in [0.25, 0.3) is 0 Å². The normalized spacial score (nSPS) is 14.0. The molecule has 0 aliphatic carbocycles. The molecule has 0 saturated carbocycles. The van der Waals surface area contributed by atoms with Crippen molar-refractivity contribution in [3.05, 3.63) is 77.9 Å². The Morgan fingerprint density at radius 2 is 1.40 bits per heavy atom. The number of benzene rings is 2. The number of carbonyl (C=O) groups is 5. The maximum atomic E-state index is 13.6. The van der Waals surface area contributed by atoms with Crippen molar-refractivity contribution in [2.24, 2.45) is 11.7 Å². The molecule has 5 amide bonds. The summed E-state index contributed by atoms with van der Waals surface area (Å²) in [6.07, 6.45) is 7.44. The van der Waals surface area contributed by atoms with Crippen LogP contribution in [0.3, 0.4) is 0 Å². The Morgan fingerprint density at radius 1 is 0.733 bits per heavy atom. The maximum Gasteiger partial charge on any atom is 0.253 e. The van der Waals surface area contributed by atoms with E-state index in [4.69, 9.17) is 5.73 Å². The largest absolute Gasteiger partial charge is 0.344 e. The van der Waals surface area contributed by atoms with Crippen LogP contribution in [0.2, 0.25) is 0 Å². The highest BCUT2D eigenvalue weighted by Crippen LogP contribution is 2.15. The first-order valence-electron chi connectivity index (χ1n) is 15.9. The van der Waals surface area contributed by atoms with Gasteiger partial charge in [-0.25, -0.2) is 0 Å². The number of carbonyl (C=O) groups excluding carboxylic acids is 5. The molecular weight excluding hydrogens is 570 g/mol. The van der Waals surface area contributed by atoms with Crippen LogP contribution in [0.5, 0.6) is 0 Å². The van der Waals surface area contributed by atoms with Gasteiger partial charge in [0.2, 0.25) is 17.7 Å². The fraction of sp³-hybridized carbons (Fsp3) is 0.457. The van der Waals surface area contributed by atoms with Gasteiger partial charge in [-0.3, -0.25) is 28.9 Å². The van der Waals surface area contributed by atoms with Crippen molar-refractivity contribution in [3.63, 3.8) is 0 Å². The van der Waals surface area contributed by atoms with E-state index in [2.05, 4.69) is 29.8 Å². The minimum absolute atomic E-state index is 0.186. The lowest BCUT2D eigenvalue weighted by Crippen LogP contribution is -2.53. The summed E-state index contributed by atoms with van der Waals surface area (Å²) in [5.41, 5.74) is 8.39. The Morgan fingerprint density at radius 3 is 2.04 bits per heavy atom. The number of nitrogens with two attached hydrogens (primary N) is 1. The number of nitrogens with one attached hydrogen (secondary N) is 3. The molecule has 1 aliphatic heterocycles. The second-order valence-electron chi connectivity index (χ2n) is 11.9. The number of anilines is 1. The molecule has 0 bridgehead atoms. The first-order valence-corrected chi connectivity index (χ1v) is 15.9. The highest BCUT2D eigenvalue weighted by molar-refractivity contribution is 6.12. The molecule has 0 spiro atoms. The van der Waals surface area contributed by atoms with Crippen LogP contribution in [0.4, 0.5) is 5.69 Å². The molecule has 1 aliphatic rings. The number of imide groups is 1. The predicted molar refractivity (Wildman–Crippen MR) is 175 cm³/mol. The van der Waals surface area contributed by atoms with E-state index in [-0.39, 0.29) is 36.5 Å². The molecule has 1 heterocycles. The molecule has 2 aromatic carbocycles. The van der Waals surface area contributed by atoms with E-state index >= 15 is 0 Å². The van der Waals surface area contributed by atoms with Crippen molar-refractivity contribution in [3.8, 4) is 0 Å². The highest BCUT2D eigenvalue weighted by atomic mass is 16.2. The third-order valence-corrected chi connectivity index (χ3v) is 7.57. The molecule has 0 radical (unpaired) electrons. The molecule has 2 atom stereocenters. The van der Waals surface area contributed by atoms with Gasteiger partial charge in [-0.1, -0.05) is 62.7 Å². The van der Waals surface area contributed by atoms with E-state index in [9.17, 15) is 24.0 Å². The maximum absolute atomic E-state index is 13.6. The summed E-state index contributed by atoms with van der Waals surface area (Å²) in [5, 5.41) is 8.68. The van der Waals surface area contributed by atoms with Gasteiger partial charge in [-0.05, 0) is 74.2 Å². The number of nitrogens with zero attached hydrogens (tertiary/aromatic N) is 1. The number of unbranched alkanes of at least 4 members (excludes halogenated alkanes) is 3. The SMILES string of the molecule is CC(C)Cc1ccc(NC(=O)[C@H](CCCCN)NC(=O)[C@H](Cc2ccccc2)NC(=O)CCCCCN2C(=O)C=CC2=O)cc1. The van der Waals surface area contributed by atoms with Crippen LogP contribution in [0.1, 0.15) is 69.9 Å². The number of hydrogen-bond acceptors (Lipinski definition) is 6. The van der Waals surface area contributed by atoms with Gasteiger partial charge < -0.3 is 21.7 Å². The van der Waals surface area contributed by atoms with E-state index < -0.39 is 18.0 Å². The second-order valence-corrected chi connectivity index (χ2v) is 11.9. The predicted octanol–water partition coefficient (Wildman–Crippen LogP) is 3.65. The first-order chi connectivity index (χ1) is 21.7. The lowest BCUT2D eigenvalue weighted by molar-refractivity contribution is -0.137. The van der Waals surface area contributed by atoms with E-state index in [1.54, 1.807) is 0 Å². The monoisotopic (exact) mass is 617 g/mol. The van der Waals surface area contributed by atoms with Crippen molar-refractivity contribution < 1.29 is 24.0 Å². The fourth-order valence-electron chi connectivity index (χ4n) is 5.17. The molecule has 5 N–H and O–H groups in total. The smallest absolute Gasteiger partial charge is 0.253 e. The summed E-state index contributed by atoms with van der Waals surface area (Å²) in [4.78, 5) is 64.5. The average Bonchev–Trinajstić information content (AvgIpc) is 3.33. The molecule has 0 fully saturated rings. The van der Waals surface area contributed by atoms with Gasteiger partial charge in [0.1, 0.15) is 12.1 Å². The van der Waals surface area contributed by atoms with Crippen molar-refractivity contribution >= 4 is 35.2 Å². The third kappa shape index (κ3) is 12.3. The summed E-state index contributed by atoms with van der Waals surface area (Å²) in [5.74, 6) is -1.16. The zero-order valence-electron chi connectivity index (χ0n) is 26.4. The van der Waals surface area contributed by atoms with Crippen molar-refractivity contribution in [2.75, 3.05) is 18.4 Å². The summed E-state index contributed by atoms with van der Waals surface area (Å²) >= 11 is 0. The Kier molecular flexibility index (Phi) is 14.4. The van der Waals surface area contributed by atoms with E-state index in [0.717, 1.165) is 12.0 Å². The van der Waals surface area contributed by atoms with Gasteiger partial charge in [0, 0.05) is 37.2 Å². The first kappa shape index (κ1) is 35.2. The average molecular weight is 618 g/mol. The van der Waals surface area contributed by atoms with Crippen molar-refractivity contribution in [1.29, 1.82) is 0 Å². The molecule has 0 aromatic heterocycles. The Bertz CT molecular complexity index is 1290. The molecule has 2 aromatic rings. The van der Waals surface area contributed by atoms with Crippen LogP contribution in [-0.2, 0) is 36.8 Å². The lowest BCUT2D eigenvalue weighted by atomic mass is 10.0. The standard InChI is InChI=1S/C35H47N5O5/c1-25(2)23-27-15-17-28(18-16-27)37-34(44)29(13-8-9-21-36)39-35(45)30(24-26-11-5-3-6-12-26)38-31(41)14-7-4-10-22-40-32(42)19-20-33(40)43/h3,5-6,11-12,15-20,25,29-30H,4,7-10,13-14,21-24,36H2,1-2H3,(H,37,44)(H,38,41)(H,39,45)/t29-,30-/m0/s1. The van der Waals surface area contributed by atoms with Crippen LogP contribution in [-0.4, -0.2) is 59.6 Å². The quantitative estimate of drug-likeness (QED) is 0.140. The van der Waals surface area contributed by atoms with Crippen LogP contribution >= 0.6 is 0 Å². The Labute approximate surface area is 266 Å². The number of amides is 5. The zero-order valence-corrected chi connectivity index (χ0v) is 26.4. The van der Waals surface area contributed by atoms with Gasteiger partial charge in [-0.15, -0.1) is 0 Å². The van der Waals surface area contributed by atoms with Crippen molar-refractivity contribution in [2.45, 2.75) is 83.7 Å². The Hall–Kier alpha value is -4.31. The summed E-state index contributed by atoms with van der Waals surface area (Å²) in [7, 11) is 0. The molecule has 10 nitrogen and oxygen atoms in total. The van der Waals surface area contributed by atoms with E-state index in [1.807, 2.05) is 54.6 Å². The summed E-state index contributed by atoms with van der Waals surface area (Å²) < 4.78 is 0. The molecule has 45 heavy (non-hydrogen) atoms. The Balaban J connectivity index is 1.60. The van der Waals surface area contributed by atoms with Gasteiger partial charge in [0.05, 0.1) is 0 Å². The second kappa shape index (κ2) is 18.5. The molecular formula is C35H47N5O5. The summed E-state index contributed by atoms with van der Waals surface area (Å²) in [6.45, 7) is 5.09. The fourth-order valence-corrected chi connectivity index (χ4v) is 5.17. The lowest BCUT2D eigenvalue weighted by Gasteiger charge is -2.23. The molecule has 242 valence electrons. The highest BCUT2D eigenvalue weighted by Gasteiger charge is 2.27. The van der Waals surface area contributed by atoms with Crippen molar-refractivity contribution in [1.82, 2.24) is 15.5 Å². The van der Waals surface area contributed by atoms with Crippen LogP contribution in [0, 0.1) is 5.92 Å². The molecule has 0 unspecified atom stereocenters.